The lowest BCUT2D eigenvalue weighted by atomic mass is 10.1. The lowest BCUT2D eigenvalue weighted by Gasteiger charge is -2.11. The number of ketones is 1. The van der Waals surface area contributed by atoms with Crippen LogP contribution in [0.5, 0.6) is 5.75 Å². The number of carbonyl (C=O) groups is 1. The molecule has 0 atom stereocenters. The molecule has 2 heterocycles. The summed E-state index contributed by atoms with van der Waals surface area (Å²) in [4.78, 5) is 42.9. The first-order chi connectivity index (χ1) is 14.9. The number of methoxy groups -OCH3 is 1. The Morgan fingerprint density at radius 2 is 1.74 bits per heavy atom. The molecular formula is C22H19FN4O4. The van der Waals surface area contributed by atoms with E-state index in [0.29, 0.717) is 17.0 Å². The molecule has 0 spiro atoms. The first kappa shape index (κ1) is 20.3. The van der Waals surface area contributed by atoms with Crippen molar-refractivity contribution >= 4 is 16.9 Å². The first-order valence-electron chi connectivity index (χ1n) is 9.58. The fraction of sp³-hybridized carbons (Fsp3) is 0.182. The summed E-state index contributed by atoms with van der Waals surface area (Å²) in [6.45, 7) is 1.67. The molecule has 4 aromatic rings. The Balaban J connectivity index is 1.85. The highest BCUT2D eigenvalue weighted by Crippen LogP contribution is 2.16. The third-order valence-corrected chi connectivity index (χ3v) is 5.03. The van der Waals surface area contributed by atoms with Crippen molar-refractivity contribution in [2.75, 3.05) is 7.11 Å². The first-order valence-corrected chi connectivity index (χ1v) is 9.58. The van der Waals surface area contributed by atoms with Gasteiger partial charge in [0.25, 0.3) is 5.56 Å². The van der Waals surface area contributed by atoms with Crippen molar-refractivity contribution in [2.24, 2.45) is 0 Å². The van der Waals surface area contributed by atoms with Gasteiger partial charge in [-0.1, -0.05) is 0 Å². The van der Waals surface area contributed by atoms with Gasteiger partial charge in [-0.05, 0) is 55.5 Å². The van der Waals surface area contributed by atoms with Crippen LogP contribution in [0.3, 0.4) is 0 Å². The minimum Gasteiger partial charge on any atom is -0.497 e. The number of Topliss-reactive ketones (excluding diaryl/α,β-unsaturated/α-hetero) is 1. The van der Waals surface area contributed by atoms with E-state index in [4.69, 9.17) is 4.74 Å². The van der Waals surface area contributed by atoms with Crippen LogP contribution in [-0.4, -0.2) is 31.6 Å². The van der Waals surface area contributed by atoms with Gasteiger partial charge < -0.3 is 9.30 Å². The number of imidazole rings is 1. The number of fused-ring (bicyclic) bond motifs is 1. The molecule has 0 fully saturated rings. The Morgan fingerprint density at radius 3 is 2.35 bits per heavy atom. The SMILES string of the molecule is CCn1c(=O)c2c(ncn2CC(=O)c2ccc(OC)cc2)n(-c2ccc(F)cc2)c1=O. The number of benzene rings is 2. The average molecular weight is 422 g/mol. The molecule has 0 amide bonds. The standard InChI is InChI=1S/C22H19FN4O4/c1-3-26-21(29)19-20(27(22(26)30)16-8-6-15(23)7-9-16)24-13-25(19)12-18(28)14-4-10-17(31-2)11-5-14/h4-11,13H,3,12H2,1-2H3. The van der Waals surface area contributed by atoms with Gasteiger partial charge in [0.1, 0.15) is 11.6 Å². The molecule has 0 aliphatic heterocycles. The zero-order valence-electron chi connectivity index (χ0n) is 16.9. The second kappa shape index (κ2) is 8.02. The molecule has 0 saturated carbocycles. The molecule has 4 rings (SSSR count). The van der Waals surface area contributed by atoms with Crippen molar-refractivity contribution in [3.05, 3.63) is 87.1 Å². The molecule has 0 unspecified atom stereocenters. The number of rotatable bonds is 6. The molecule has 0 aliphatic rings. The maximum absolute atomic E-state index is 13.4. The van der Waals surface area contributed by atoms with Gasteiger partial charge >= 0.3 is 5.69 Å². The highest BCUT2D eigenvalue weighted by molar-refractivity contribution is 5.96. The van der Waals surface area contributed by atoms with E-state index in [2.05, 4.69) is 4.98 Å². The predicted octanol–water partition coefficient (Wildman–Crippen LogP) is 2.40. The molecule has 2 aromatic heterocycles. The van der Waals surface area contributed by atoms with Crippen LogP contribution in [0.4, 0.5) is 4.39 Å². The van der Waals surface area contributed by atoms with Crippen LogP contribution in [0.15, 0.2) is 64.4 Å². The lowest BCUT2D eigenvalue weighted by Crippen LogP contribution is -2.39. The highest BCUT2D eigenvalue weighted by Gasteiger charge is 2.20. The normalized spacial score (nSPS) is 11.1. The van der Waals surface area contributed by atoms with E-state index < -0.39 is 17.1 Å². The van der Waals surface area contributed by atoms with E-state index in [1.54, 1.807) is 31.2 Å². The smallest absolute Gasteiger partial charge is 0.337 e. The van der Waals surface area contributed by atoms with Crippen LogP contribution in [0, 0.1) is 5.82 Å². The van der Waals surface area contributed by atoms with E-state index >= 15 is 0 Å². The van der Waals surface area contributed by atoms with E-state index in [1.165, 1.54) is 46.8 Å². The second-order valence-corrected chi connectivity index (χ2v) is 6.84. The molecule has 0 aliphatic carbocycles. The minimum absolute atomic E-state index is 0.105. The van der Waals surface area contributed by atoms with Gasteiger partial charge in [0.05, 0.1) is 25.7 Å². The second-order valence-electron chi connectivity index (χ2n) is 6.84. The van der Waals surface area contributed by atoms with Crippen molar-refractivity contribution in [1.29, 1.82) is 0 Å². The number of halogens is 1. The molecule has 8 nitrogen and oxygen atoms in total. The Bertz CT molecular complexity index is 1380. The monoisotopic (exact) mass is 422 g/mol. The van der Waals surface area contributed by atoms with E-state index in [-0.39, 0.29) is 30.0 Å². The number of carbonyl (C=O) groups excluding carboxylic acids is 1. The topological polar surface area (TPSA) is 88.1 Å². The number of aromatic nitrogens is 4. The summed E-state index contributed by atoms with van der Waals surface area (Å²) in [5, 5.41) is 0. The average Bonchev–Trinajstić information content (AvgIpc) is 3.18. The molecule has 0 N–H and O–H groups in total. The minimum atomic E-state index is -0.585. The summed E-state index contributed by atoms with van der Waals surface area (Å²) in [5.74, 6) is -0.0600. The maximum atomic E-state index is 13.4. The van der Waals surface area contributed by atoms with Crippen LogP contribution < -0.4 is 16.0 Å². The zero-order valence-corrected chi connectivity index (χ0v) is 16.9. The molecule has 0 radical (unpaired) electrons. The van der Waals surface area contributed by atoms with Crippen LogP contribution >= 0.6 is 0 Å². The fourth-order valence-electron chi connectivity index (χ4n) is 3.42. The quantitative estimate of drug-likeness (QED) is 0.445. The van der Waals surface area contributed by atoms with Crippen molar-refractivity contribution in [3.8, 4) is 11.4 Å². The van der Waals surface area contributed by atoms with Crippen LogP contribution in [0.25, 0.3) is 16.9 Å². The lowest BCUT2D eigenvalue weighted by molar-refractivity contribution is 0.0973. The summed E-state index contributed by atoms with van der Waals surface area (Å²) in [7, 11) is 1.54. The number of ether oxygens (including phenoxy) is 1. The molecule has 0 saturated heterocycles. The zero-order chi connectivity index (χ0) is 22.1. The van der Waals surface area contributed by atoms with Gasteiger partial charge in [-0.15, -0.1) is 0 Å². The summed E-state index contributed by atoms with van der Waals surface area (Å²) in [5.41, 5.74) is -0.0867. The van der Waals surface area contributed by atoms with Crippen molar-refractivity contribution in [1.82, 2.24) is 18.7 Å². The maximum Gasteiger partial charge on any atom is 0.337 e. The summed E-state index contributed by atoms with van der Waals surface area (Å²) < 4.78 is 22.2. The van der Waals surface area contributed by atoms with Crippen molar-refractivity contribution in [3.63, 3.8) is 0 Å². The Hall–Kier alpha value is -4.01. The largest absolute Gasteiger partial charge is 0.497 e. The van der Waals surface area contributed by atoms with Crippen LogP contribution in [0.1, 0.15) is 17.3 Å². The summed E-state index contributed by atoms with van der Waals surface area (Å²) in [6, 6.07) is 11.9. The number of hydrogen-bond donors (Lipinski definition) is 0. The Kier molecular flexibility index (Phi) is 5.24. The van der Waals surface area contributed by atoms with Crippen LogP contribution in [0.2, 0.25) is 0 Å². The van der Waals surface area contributed by atoms with Gasteiger partial charge in [0.15, 0.2) is 16.9 Å². The van der Waals surface area contributed by atoms with Crippen molar-refractivity contribution in [2.45, 2.75) is 20.0 Å². The van der Waals surface area contributed by atoms with Gasteiger partial charge in [0, 0.05) is 12.1 Å². The molecule has 9 heteroatoms. The molecule has 158 valence electrons. The van der Waals surface area contributed by atoms with Gasteiger partial charge in [-0.2, -0.15) is 0 Å². The van der Waals surface area contributed by atoms with E-state index in [9.17, 15) is 18.8 Å². The van der Waals surface area contributed by atoms with Crippen molar-refractivity contribution < 1.29 is 13.9 Å². The molecule has 31 heavy (non-hydrogen) atoms. The summed E-state index contributed by atoms with van der Waals surface area (Å²) in [6.07, 6.45) is 1.35. The van der Waals surface area contributed by atoms with E-state index in [0.717, 1.165) is 4.57 Å². The van der Waals surface area contributed by atoms with Crippen LogP contribution in [-0.2, 0) is 13.1 Å². The molecule has 0 bridgehead atoms. The third kappa shape index (κ3) is 3.54. The van der Waals surface area contributed by atoms with Gasteiger partial charge in [0.2, 0.25) is 0 Å². The molecule has 2 aromatic carbocycles. The number of nitrogens with zero attached hydrogens (tertiary/aromatic N) is 4. The molecular weight excluding hydrogens is 403 g/mol. The van der Waals surface area contributed by atoms with Gasteiger partial charge in [-0.25, -0.2) is 18.7 Å². The Labute approximate surface area is 175 Å². The predicted molar refractivity (Wildman–Crippen MR) is 113 cm³/mol. The van der Waals surface area contributed by atoms with Gasteiger partial charge in [-0.3, -0.25) is 14.2 Å². The highest BCUT2D eigenvalue weighted by atomic mass is 19.1. The third-order valence-electron chi connectivity index (χ3n) is 5.03. The number of hydrogen-bond acceptors (Lipinski definition) is 5. The summed E-state index contributed by atoms with van der Waals surface area (Å²) >= 11 is 0. The Morgan fingerprint density at radius 1 is 1.06 bits per heavy atom. The fourth-order valence-corrected chi connectivity index (χ4v) is 3.42. The van der Waals surface area contributed by atoms with E-state index in [1.807, 2.05) is 0 Å².